The van der Waals surface area contributed by atoms with E-state index in [2.05, 4.69) is 10.1 Å². The zero-order valence-corrected chi connectivity index (χ0v) is 14.1. The zero-order chi connectivity index (χ0) is 18.1. The summed E-state index contributed by atoms with van der Waals surface area (Å²) in [6.07, 6.45) is 4.54. The summed E-state index contributed by atoms with van der Waals surface area (Å²) in [5.41, 5.74) is 0.187. The van der Waals surface area contributed by atoms with Gasteiger partial charge in [0.05, 0.1) is 18.2 Å². The van der Waals surface area contributed by atoms with Crippen LogP contribution in [-0.4, -0.2) is 31.9 Å². The highest BCUT2D eigenvalue weighted by Crippen LogP contribution is 2.23. The molecule has 25 heavy (non-hydrogen) atoms. The normalized spacial score (nSPS) is 11.0. The zero-order valence-electron chi connectivity index (χ0n) is 14.1. The number of fused-ring (bicyclic) bond motifs is 1. The number of rotatable bonds is 4. The van der Waals surface area contributed by atoms with Crippen molar-refractivity contribution in [2.24, 2.45) is 7.05 Å². The van der Waals surface area contributed by atoms with Gasteiger partial charge in [-0.05, 0) is 19.9 Å². The van der Waals surface area contributed by atoms with Crippen LogP contribution in [0, 0.1) is 5.82 Å². The van der Waals surface area contributed by atoms with Crippen molar-refractivity contribution in [2.45, 2.75) is 20.4 Å². The van der Waals surface area contributed by atoms with Gasteiger partial charge in [0.1, 0.15) is 22.7 Å². The van der Waals surface area contributed by atoms with Crippen LogP contribution in [-0.2, 0) is 18.3 Å². The number of ether oxygens (including phenoxy) is 1. The number of nitrogens with zero attached hydrogens (tertiary/aromatic N) is 4. The summed E-state index contributed by atoms with van der Waals surface area (Å²) >= 11 is 0. The lowest BCUT2D eigenvalue weighted by atomic mass is 10.1. The molecule has 0 saturated heterocycles. The molecule has 0 unspecified atom stereocenters. The van der Waals surface area contributed by atoms with Gasteiger partial charge in [-0.3, -0.25) is 9.48 Å². The number of carbonyl (C=O) groups is 1. The van der Waals surface area contributed by atoms with E-state index in [1.165, 1.54) is 17.1 Å². The van der Waals surface area contributed by atoms with E-state index in [9.17, 15) is 14.0 Å². The lowest BCUT2D eigenvalue weighted by Gasteiger charge is -2.12. The quantitative estimate of drug-likeness (QED) is 0.678. The van der Waals surface area contributed by atoms with E-state index in [0.29, 0.717) is 17.8 Å². The molecule has 3 heterocycles. The van der Waals surface area contributed by atoms with Crippen LogP contribution in [0.4, 0.5) is 4.39 Å². The molecule has 0 radical (unpaired) electrons. The average molecular weight is 344 g/mol. The van der Waals surface area contributed by atoms with Gasteiger partial charge in [-0.1, -0.05) is 0 Å². The summed E-state index contributed by atoms with van der Waals surface area (Å²) in [7, 11) is 1.72. The monoisotopic (exact) mass is 344 g/mol. The van der Waals surface area contributed by atoms with E-state index in [4.69, 9.17) is 4.74 Å². The molecule has 0 spiro atoms. The molecule has 0 bridgehead atoms. The van der Waals surface area contributed by atoms with Crippen molar-refractivity contribution in [3.8, 4) is 11.3 Å². The van der Waals surface area contributed by atoms with Gasteiger partial charge in [-0.2, -0.15) is 5.10 Å². The van der Waals surface area contributed by atoms with Crippen molar-refractivity contribution in [1.29, 1.82) is 0 Å². The van der Waals surface area contributed by atoms with Gasteiger partial charge in [0, 0.05) is 31.5 Å². The molecule has 0 aromatic carbocycles. The number of esters is 1. The van der Waals surface area contributed by atoms with Crippen molar-refractivity contribution >= 4 is 17.0 Å². The van der Waals surface area contributed by atoms with Gasteiger partial charge in [0.15, 0.2) is 0 Å². The highest BCUT2D eigenvalue weighted by molar-refractivity contribution is 5.93. The minimum Gasteiger partial charge on any atom is -0.462 e. The highest BCUT2D eigenvalue weighted by atomic mass is 19.1. The van der Waals surface area contributed by atoms with Gasteiger partial charge in [0.2, 0.25) is 5.43 Å². The summed E-state index contributed by atoms with van der Waals surface area (Å²) in [5.74, 6) is -1.38. The molecular formula is C17H17FN4O3. The summed E-state index contributed by atoms with van der Waals surface area (Å²) in [5, 5.41) is 4.05. The minimum atomic E-state index is -0.728. The first kappa shape index (κ1) is 16.8. The van der Waals surface area contributed by atoms with Crippen LogP contribution in [0.3, 0.4) is 0 Å². The van der Waals surface area contributed by atoms with Crippen LogP contribution in [0.1, 0.15) is 24.2 Å². The van der Waals surface area contributed by atoms with Gasteiger partial charge >= 0.3 is 5.97 Å². The second-order valence-corrected chi connectivity index (χ2v) is 5.47. The van der Waals surface area contributed by atoms with Gasteiger partial charge in [-0.15, -0.1) is 0 Å². The molecule has 130 valence electrons. The van der Waals surface area contributed by atoms with Crippen LogP contribution in [0.25, 0.3) is 22.3 Å². The number of aryl methyl sites for hydroxylation is 2. The topological polar surface area (TPSA) is 79.0 Å². The van der Waals surface area contributed by atoms with E-state index in [0.717, 1.165) is 6.07 Å². The summed E-state index contributed by atoms with van der Waals surface area (Å²) in [4.78, 5) is 28.9. The summed E-state index contributed by atoms with van der Waals surface area (Å²) in [6.45, 7) is 4.09. The third-order valence-electron chi connectivity index (χ3n) is 3.82. The van der Waals surface area contributed by atoms with Crippen LogP contribution in [0.15, 0.2) is 29.5 Å². The van der Waals surface area contributed by atoms with Crippen LogP contribution < -0.4 is 5.43 Å². The molecule has 8 heteroatoms. The second-order valence-electron chi connectivity index (χ2n) is 5.47. The number of aromatic nitrogens is 4. The number of hydrogen-bond acceptors (Lipinski definition) is 5. The molecule has 0 fully saturated rings. The number of pyridine rings is 2. The molecular weight excluding hydrogens is 327 g/mol. The highest BCUT2D eigenvalue weighted by Gasteiger charge is 2.20. The van der Waals surface area contributed by atoms with Crippen molar-refractivity contribution in [2.75, 3.05) is 6.61 Å². The maximum atomic E-state index is 14.5. The van der Waals surface area contributed by atoms with Crippen LogP contribution in [0.5, 0.6) is 0 Å². The molecule has 0 amide bonds. The van der Waals surface area contributed by atoms with E-state index in [-0.39, 0.29) is 23.3 Å². The molecule has 0 aliphatic rings. The molecule has 7 nitrogen and oxygen atoms in total. The number of halogens is 1. The smallest absolute Gasteiger partial charge is 0.343 e. The Balaban J connectivity index is 2.29. The van der Waals surface area contributed by atoms with E-state index >= 15 is 0 Å². The number of carbonyl (C=O) groups excluding carboxylic acids is 1. The third-order valence-corrected chi connectivity index (χ3v) is 3.82. The molecule has 3 rings (SSSR count). The fourth-order valence-electron chi connectivity index (χ4n) is 2.63. The van der Waals surface area contributed by atoms with Crippen molar-refractivity contribution in [3.63, 3.8) is 0 Å². The Morgan fingerprint density at radius 3 is 2.68 bits per heavy atom. The Bertz CT molecular complexity index is 1020. The maximum absolute atomic E-state index is 14.5. The lowest BCUT2D eigenvalue weighted by Crippen LogP contribution is -2.21. The molecule has 0 N–H and O–H groups in total. The average Bonchev–Trinajstić information content (AvgIpc) is 3.01. The standard InChI is InChI=1S/C17H17FN4O3/c1-4-22-9-12(17(24)25-5-2)15(23)11-6-13(18)14(20-16(11)22)10-7-19-21(3)8-10/h6-9H,4-5H2,1-3H3. The Morgan fingerprint density at radius 2 is 2.08 bits per heavy atom. The summed E-state index contributed by atoms with van der Waals surface area (Å²) < 4.78 is 22.6. The van der Waals surface area contributed by atoms with E-state index in [1.807, 2.05) is 6.92 Å². The SMILES string of the molecule is CCOC(=O)c1cn(CC)c2nc(-c3cnn(C)c3)c(F)cc2c1=O. The fourth-order valence-corrected chi connectivity index (χ4v) is 2.63. The Kier molecular flexibility index (Phi) is 4.35. The number of hydrogen-bond donors (Lipinski definition) is 0. The first-order valence-electron chi connectivity index (χ1n) is 7.86. The molecule has 3 aromatic heterocycles. The molecule has 0 saturated carbocycles. The molecule has 3 aromatic rings. The molecule has 0 atom stereocenters. The molecule has 0 aliphatic carbocycles. The van der Waals surface area contributed by atoms with Crippen molar-refractivity contribution in [3.05, 3.63) is 46.3 Å². The molecule has 0 aliphatic heterocycles. The Morgan fingerprint density at radius 1 is 1.32 bits per heavy atom. The van der Waals surface area contributed by atoms with Crippen LogP contribution in [0.2, 0.25) is 0 Å². The predicted molar refractivity (Wildman–Crippen MR) is 89.8 cm³/mol. The van der Waals surface area contributed by atoms with Gasteiger partial charge in [0.25, 0.3) is 0 Å². The van der Waals surface area contributed by atoms with Crippen LogP contribution >= 0.6 is 0 Å². The summed E-state index contributed by atoms with van der Waals surface area (Å²) in [6, 6.07) is 1.11. The first-order valence-corrected chi connectivity index (χ1v) is 7.86. The second kappa shape index (κ2) is 6.46. The lowest BCUT2D eigenvalue weighted by molar-refractivity contribution is 0.0524. The Labute approximate surface area is 142 Å². The van der Waals surface area contributed by atoms with Gasteiger partial charge in [-0.25, -0.2) is 14.2 Å². The minimum absolute atomic E-state index is 0.0394. The van der Waals surface area contributed by atoms with Crippen molar-refractivity contribution in [1.82, 2.24) is 19.3 Å². The third kappa shape index (κ3) is 2.90. The Hall–Kier alpha value is -3.03. The van der Waals surface area contributed by atoms with E-state index < -0.39 is 17.2 Å². The van der Waals surface area contributed by atoms with Crippen molar-refractivity contribution < 1.29 is 13.9 Å². The maximum Gasteiger partial charge on any atom is 0.343 e. The largest absolute Gasteiger partial charge is 0.462 e. The predicted octanol–water partition coefficient (Wildman–Crippen LogP) is 2.13. The first-order chi connectivity index (χ1) is 12.0. The fraction of sp³-hybridized carbons (Fsp3) is 0.294. The van der Waals surface area contributed by atoms with E-state index in [1.54, 1.807) is 24.7 Å². The van der Waals surface area contributed by atoms with Gasteiger partial charge < -0.3 is 9.30 Å².